The van der Waals surface area contributed by atoms with E-state index in [0.29, 0.717) is 5.13 Å². The molecule has 1 amide bonds. The van der Waals surface area contributed by atoms with Gasteiger partial charge in [0.25, 0.3) is 0 Å². The number of anilines is 2. The van der Waals surface area contributed by atoms with Crippen LogP contribution in [0.1, 0.15) is 5.69 Å². The number of nitrogens with two attached hydrogens (primary N) is 1. The van der Waals surface area contributed by atoms with Gasteiger partial charge in [0.2, 0.25) is 11.9 Å². The minimum Gasteiger partial charge on any atom is -0.367 e. The Morgan fingerprint density at radius 1 is 1.69 bits per heavy atom. The summed E-state index contributed by atoms with van der Waals surface area (Å²) in [6, 6.07) is 0. The number of rotatable bonds is 3. The lowest BCUT2D eigenvalue weighted by Crippen LogP contribution is -2.19. The monoisotopic (exact) mass is 238 g/mol. The summed E-state index contributed by atoms with van der Waals surface area (Å²) < 4.78 is 1.37. The van der Waals surface area contributed by atoms with Gasteiger partial charge in [0, 0.05) is 5.38 Å². The number of nitrogens with zero attached hydrogens (tertiary/aromatic N) is 4. The van der Waals surface area contributed by atoms with Crippen LogP contribution in [0.5, 0.6) is 0 Å². The maximum absolute atomic E-state index is 11.5. The average Bonchev–Trinajstić information content (AvgIpc) is 2.76. The topological polar surface area (TPSA) is 98.7 Å². The van der Waals surface area contributed by atoms with Crippen LogP contribution in [0.25, 0.3) is 0 Å². The third kappa shape index (κ3) is 2.54. The van der Waals surface area contributed by atoms with Crippen molar-refractivity contribution < 1.29 is 4.79 Å². The SMILES string of the molecule is Cc1csc(NC(=O)Cn2cnc(N)n2)n1. The quantitative estimate of drug-likeness (QED) is 0.799. The predicted molar refractivity (Wildman–Crippen MR) is 59.9 cm³/mol. The first-order valence-electron chi connectivity index (χ1n) is 4.50. The summed E-state index contributed by atoms with van der Waals surface area (Å²) in [6.45, 7) is 1.94. The number of hydrogen-bond donors (Lipinski definition) is 2. The van der Waals surface area contributed by atoms with Crippen molar-refractivity contribution in [1.82, 2.24) is 19.7 Å². The van der Waals surface area contributed by atoms with E-state index < -0.39 is 0 Å². The molecule has 0 aliphatic heterocycles. The van der Waals surface area contributed by atoms with Crippen LogP contribution >= 0.6 is 11.3 Å². The van der Waals surface area contributed by atoms with Crippen LogP contribution in [0.3, 0.4) is 0 Å². The van der Waals surface area contributed by atoms with Gasteiger partial charge < -0.3 is 11.1 Å². The van der Waals surface area contributed by atoms with Gasteiger partial charge in [-0.25, -0.2) is 14.6 Å². The zero-order chi connectivity index (χ0) is 11.5. The molecular weight excluding hydrogens is 228 g/mol. The largest absolute Gasteiger partial charge is 0.367 e. The van der Waals surface area contributed by atoms with E-state index in [2.05, 4.69) is 20.4 Å². The van der Waals surface area contributed by atoms with Crippen LogP contribution in [-0.2, 0) is 11.3 Å². The molecule has 8 heteroatoms. The van der Waals surface area contributed by atoms with E-state index in [0.717, 1.165) is 5.69 Å². The highest BCUT2D eigenvalue weighted by Crippen LogP contribution is 2.14. The molecule has 0 aromatic carbocycles. The van der Waals surface area contributed by atoms with Gasteiger partial charge in [-0.2, -0.15) is 0 Å². The van der Waals surface area contributed by atoms with Gasteiger partial charge in [-0.3, -0.25) is 4.79 Å². The van der Waals surface area contributed by atoms with Crippen LogP contribution in [-0.4, -0.2) is 25.7 Å². The summed E-state index contributed by atoms with van der Waals surface area (Å²) in [4.78, 5) is 19.4. The Balaban J connectivity index is 1.94. The minimum atomic E-state index is -0.209. The van der Waals surface area contributed by atoms with E-state index in [-0.39, 0.29) is 18.4 Å². The van der Waals surface area contributed by atoms with Crippen LogP contribution in [0, 0.1) is 6.92 Å². The Bertz CT molecular complexity index is 460. The molecule has 0 atom stereocenters. The Labute approximate surface area is 95.3 Å². The lowest BCUT2D eigenvalue weighted by molar-refractivity contribution is -0.116. The fraction of sp³-hybridized carbons (Fsp3) is 0.250. The van der Waals surface area contributed by atoms with Gasteiger partial charge in [0.15, 0.2) is 5.13 Å². The van der Waals surface area contributed by atoms with Crippen molar-refractivity contribution in [3.05, 3.63) is 17.4 Å². The second-order valence-corrected chi connectivity index (χ2v) is 4.00. The molecule has 0 bridgehead atoms. The van der Waals surface area contributed by atoms with E-state index in [4.69, 9.17) is 5.73 Å². The van der Waals surface area contributed by atoms with E-state index >= 15 is 0 Å². The van der Waals surface area contributed by atoms with Gasteiger partial charge in [0.1, 0.15) is 12.9 Å². The minimum absolute atomic E-state index is 0.0722. The predicted octanol–water partition coefficient (Wildman–Crippen LogP) is 0.264. The normalized spacial score (nSPS) is 10.3. The van der Waals surface area contributed by atoms with Crippen LogP contribution in [0.2, 0.25) is 0 Å². The summed E-state index contributed by atoms with van der Waals surface area (Å²) in [5.41, 5.74) is 6.21. The smallest absolute Gasteiger partial charge is 0.247 e. The van der Waals surface area contributed by atoms with Crippen molar-refractivity contribution in [2.45, 2.75) is 13.5 Å². The lowest BCUT2D eigenvalue weighted by Gasteiger charge is -2.00. The number of aryl methyl sites for hydroxylation is 1. The number of aromatic nitrogens is 4. The zero-order valence-electron chi connectivity index (χ0n) is 8.54. The summed E-state index contributed by atoms with van der Waals surface area (Å²) in [5, 5.41) is 8.91. The molecule has 0 aliphatic rings. The Morgan fingerprint density at radius 3 is 3.06 bits per heavy atom. The van der Waals surface area contributed by atoms with Crippen LogP contribution in [0.4, 0.5) is 11.1 Å². The van der Waals surface area contributed by atoms with Crippen molar-refractivity contribution in [3.8, 4) is 0 Å². The first-order valence-corrected chi connectivity index (χ1v) is 5.38. The molecule has 0 fully saturated rings. The molecule has 2 rings (SSSR count). The lowest BCUT2D eigenvalue weighted by atomic mass is 10.6. The van der Waals surface area contributed by atoms with Gasteiger partial charge >= 0.3 is 0 Å². The van der Waals surface area contributed by atoms with Gasteiger partial charge in [-0.1, -0.05) is 0 Å². The summed E-state index contributed by atoms with van der Waals surface area (Å²) >= 11 is 1.38. The summed E-state index contributed by atoms with van der Waals surface area (Å²) in [7, 11) is 0. The fourth-order valence-electron chi connectivity index (χ4n) is 1.10. The average molecular weight is 238 g/mol. The Hall–Kier alpha value is -1.96. The second-order valence-electron chi connectivity index (χ2n) is 3.14. The number of nitrogens with one attached hydrogen (secondary N) is 1. The van der Waals surface area contributed by atoms with E-state index in [1.807, 2.05) is 12.3 Å². The first kappa shape index (κ1) is 10.6. The standard InChI is InChI=1S/C8H10N6OS/c1-5-3-16-8(11-5)12-6(15)2-14-4-10-7(9)13-14/h3-4H,2H2,1H3,(H2,9,13)(H,11,12,15). The second kappa shape index (κ2) is 4.27. The number of carbonyl (C=O) groups is 1. The molecular formula is C8H10N6OS. The van der Waals surface area contributed by atoms with Crippen molar-refractivity contribution in [1.29, 1.82) is 0 Å². The number of thiazole rings is 1. The van der Waals surface area contributed by atoms with E-state index in [1.54, 1.807) is 0 Å². The van der Waals surface area contributed by atoms with E-state index in [1.165, 1.54) is 22.3 Å². The maximum atomic E-state index is 11.5. The van der Waals surface area contributed by atoms with Gasteiger partial charge in [-0.15, -0.1) is 16.4 Å². The van der Waals surface area contributed by atoms with Crippen LogP contribution < -0.4 is 11.1 Å². The Kier molecular flexibility index (Phi) is 2.82. The summed E-state index contributed by atoms with van der Waals surface area (Å²) in [5.74, 6) is -0.0582. The molecule has 0 spiro atoms. The molecule has 84 valence electrons. The van der Waals surface area contributed by atoms with Crippen molar-refractivity contribution in [2.24, 2.45) is 0 Å². The molecule has 0 saturated heterocycles. The highest BCUT2D eigenvalue weighted by atomic mass is 32.1. The van der Waals surface area contributed by atoms with Crippen molar-refractivity contribution in [3.63, 3.8) is 0 Å². The zero-order valence-corrected chi connectivity index (χ0v) is 9.36. The third-order valence-electron chi connectivity index (χ3n) is 1.73. The molecule has 0 aliphatic carbocycles. The highest BCUT2D eigenvalue weighted by molar-refractivity contribution is 7.13. The molecule has 3 N–H and O–H groups in total. The maximum Gasteiger partial charge on any atom is 0.247 e. The number of nitrogen functional groups attached to an aromatic ring is 1. The third-order valence-corrected chi connectivity index (χ3v) is 2.60. The molecule has 0 unspecified atom stereocenters. The number of hydrogen-bond acceptors (Lipinski definition) is 6. The van der Waals surface area contributed by atoms with E-state index in [9.17, 15) is 4.79 Å². The molecule has 0 saturated carbocycles. The van der Waals surface area contributed by atoms with Gasteiger partial charge in [0.05, 0.1) is 5.69 Å². The van der Waals surface area contributed by atoms with Gasteiger partial charge in [-0.05, 0) is 6.92 Å². The molecule has 16 heavy (non-hydrogen) atoms. The van der Waals surface area contributed by atoms with Crippen molar-refractivity contribution >= 4 is 28.3 Å². The molecule has 0 radical (unpaired) electrons. The molecule has 2 heterocycles. The molecule has 7 nitrogen and oxygen atoms in total. The van der Waals surface area contributed by atoms with Crippen LogP contribution in [0.15, 0.2) is 11.7 Å². The fourth-order valence-corrected chi connectivity index (χ4v) is 1.81. The molecule has 2 aromatic rings. The first-order chi connectivity index (χ1) is 7.63. The highest BCUT2D eigenvalue weighted by Gasteiger charge is 2.07. The molecule has 2 aromatic heterocycles. The van der Waals surface area contributed by atoms with Crippen molar-refractivity contribution in [2.75, 3.05) is 11.1 Å². The Morgan fingerprint density at radius 2 is 2.50 bits per heavy atom. The number of amides is 1. The number of carbonyl (C=O) groups excluding carboxylic acids is 1. The summed E-state index contributed by atoms with van der Waals surface area (Å²) in [6.07, 6.45) is 1.40.